The maximum absolute atomic E-state index is 12.3. The van der Waals surface area contributed by atoms with Gasteiger partial charge >= 0.3 is 18.1 Å². The van der Waals surface area contributed by atoms with E-state index in [-0.39, 0.29) is 5.69 Å². The average Bonchev–Trinajstić information content (AvgIpc) is 2.99. The number of ketones is 1. The number of carbonyl (C=O) groups is 3. The van der Waals surface area contributed by atoms with Crippen molar-refractivity contribution in [1.82, 2.24) is 19.7 Å². The number of aryl methyl sites for hydroxylation is 1. The van der Waals surface area contributed by atoms with Crippen LogP contribution in [0.3, 0.4) is 0 Å². The number of carbonyl (C=O) groups excluding carboxylic acids is 3. The van der Waals surface area contributed by atoms with Gasteiger partial charge in [-0.05, 0) is 24.6 Å². The third-order valence-electron chi connectivity index (χ3n) is 3.92. The number of halogens is 3. The van der Waals surface area contributed by atoms with Crippen LogP contribution in [-0.2, 0) is 20.9 Å². The summed E-state index contributed by atoms with van der Waals surface area (Å²) in [5.74, 6) is -3.92. The van der Waals surface area contributed by atoms with E-state index in [9.17, 15) is 27.6 Å². The van der Waals surface area contributed by atoms with Gasteiger partial charge in [0.2, 0.25) is 0 Å². The lowest BCUT2D eigenvalue weighted by atomic mass is 10.1. The molecule has 0 aliphatic carbocycles. The van der Waals surface area contributed by atoms with Gasteiger partial charge in [-0.2, -0.15) is 18.3 Å². The molecule has 29 heavy (non-hydrogen) atoms. The van der Waals surface area contributed by atoms with Gasteiger partial charge in [-0.15, -0.1) is 0 Å². The summed E-state index contributed by atoms with van der Waals surface area (Å²) < 4.78 is 41.6. The van der Waals surface area contributed by atoms with Crippen LogP contribution < -0.4 is 0 Å². The smallest absolute Gasteiger partial charge is 0.385 e. The molecule has 0 fully saturated rings. The number of hydrogen-bond acceptors (Lipinski definition) is 7. The molecule has 8 nitrogen and oxygen atoms in total. The molecule has 3 aromatic rings. The van der Waals surface area contributed by atoms with Gasteiger partial charge in [0.15, 0.2) is 5.78 Å². The van der Waals surface area contributed by atoms with Crippen molar-refractivity contribution in [2.24, 2.45) is 0 Å². The van der Waals surface area contributed by atoms with E-state index in [4.69, 9.17) is 0 Å². The van der Waals surface area contributed by atoms with E-state index in [1.165, 1.54) is 6.92 Å². The maximum Gasteiger partial charge on any atom is 0.491 e. The van der Waals surface area contributed by atoms with Crippen LogP contribution in [-0.4, -0.2) is 43.6 Å². The third-order valence-corrected chi connectivity index (χ3v) is 3.92. The normalized spacial score (nSPS) is 11.5. The summed E-state index contributed by atoms with van der Waals surface area (Å²) in [5.41, 5.74) is 1.60. The molecule has 0 amide bonds. The van der Waals surface area contributed by atoms with Crippen LogP contribution in [0.15, 0.2) is 30.6 Å². The molecule has 0 unspecified atom stereocenters. The first-order valence-corrected chi connectivity index (χ1v) is 8.18. The minimum atomic E-state index is -5.30. The summed E-state index contributed by atoms with van der Waals surface area (Å²) in [7, 11) is 0. The van der Waals surface area contributed by atoms with Crippen molar-refractivity contribution in [2.45, 2.75) is 26.6 Å². The Morgan fingerprint density at radius 3 is 2.34 bits per heavy atom. The number of alkyl halides is 3. The Morgan fingerprint density at radius 2 is 1.76 bits per heavy atom. The first-order chi connectivity index (χ1) is 13.6. The fourth-order valence-corrected chi connectivity index (χ4v) is 2.59. The van der Waals surface area contributed by atoms with E-state index in [2.05, 4.69) is 19.8 Å². The molecular weight excluding hydrogens is 393 g/mol. The molecule has 2 aromatic heterocycles. The zero-order valence-corrected chi connectivity index (χ0v) is 15.1. The number of hydrogen-bond donors (Lipinski definition) is 0. The second-order valence-corrected chi connectivity index (χ2v) is 6.07. The topological polar surface area (TPSA) is 104 Å². The standard InChI is InChI=1S/C18H13F3N4O4/c1-9(26)16-13-4-3-11(12-6-22-10(2)23-7-12)5-14(13)25(24-16)8-15(27)29-17(28)18(19,20)21/h3-7H,8H2,1-2H3. The van der Waals surface area contributed by atoms with Gasteiger partial charge in [-0.25, -0.2) is 19.6 Å². The van der Waals surface area contributed by atoms with Gasteiger partial charge in [-0.3, -0.25) is 9.48 Å². The fraction of sp³-hybridized carbons (Fsp3) is 0.222. The maximum atomic E-state index is 12.3. The number of ether oxygens (including phenoxy) is 1. The van der Waals surface area contributed by atoms with Crippen molar-refractivity contribution in [1.29, 1.82) is 0 Å². The molecule has 0 atom stereocenters. The van der Waals surface area contributed by atoms with Crippen molar-refractivity contribution < 1.29 is 32.3 Å². The molecule has 0 N–H and O–H groups in total. The molecule has 2 heterocycles. The van der Waals surface area contributed by atoms with Crippen LogP contribution >= 0.6 is 0 Å². The molecule has 0 aliphatic rings. The SMILES string of the molecule is CC(=O)c1nn(CC(=O)OC(=O)C(F)(F)F)c2cc(-c3cnc(C)nc3)ccc12. The summed E-state index contributed by atoms with van der Waals surface area (Å²) >= 11 is 0. The number of fused-ring (bicyclic) bond motifs is 1. The van der Waals surface area contributed by atoms with Gasteiger partial charge in [0.1, 0.15) is 18.1 Å². The van der Waals surface area contributed by atoms with E-state index >= 15 is 0 Å². The first kappa shape index (κ1) is 20.1. The lowest BCUT2D eigenvalue weighted by Crippen LogP contribution is -2.29. The molecule has 0 saturated carbocycles. The number of nitrogens with zero attached hydrogens (tertiary/aromatic N) is 4. The van der Waals surface area contributed by atoms with Gasteiger partial charge in [0.05, 0.1) is 5.52 Å². The van der Waals surface area contributed by atoms with Gasteiger partial charge in [-0.1, -0.05) is 6.07 Å². The van der Waals surface area contributed by atoms with Crippen LogP contribution in [0.25, 0.3) is 22.0 Å². The van der Waals surface area contributed by atoms with Crippen LogP contribution in [0.5, 0.6) is 0 Å². The molecule has 11 heteroatoms. The molecule has 0 bridgehead atoms. The zero-order chi connectivity index (χ0) is 21.3. The molecule has 0 radical (unpaired) electrons. The Balaban J connectivity index is 2.00. The first-order valence-electron chi connectivity index (χ1n) is 8.18. The Labute approximate surface area is 161 Å². The molecule has 0 spiro atoms. The van der Waals surface area contributed by atoms with Crippen molar-refractivity contribution in [2.75, 3.05) is 0 Å². The van der Waals surface area contributed by atoms with E-state index < -0.39 is 30.4 Å². The van der Waals surface area contributed by atoms with Gasteiger partial charge in [0, 0.05) is 30.3 Å². The van der Waals surface area contributed by atoms with E-state index in [1.807, 2.05) is 0 Å². The van der Waals surface area contributed by atoms with Crippen LogP contribution in [0.1, 0.15) is 23.2 Å². The average molecular weight is 406 g/mol. The second-order valence-electron chi connectivity index (χ2n) is 6.07. The number of rotatable bonds is 4. The lowest BCUT2D eigenvalue weighted by Gasteiger charge is -2.07. The van der Waals surface area contributed by atoms with Crippen LogP contribution in [0.2, 0.25) is 0 Å². The van der Waals surface area contributed by atoms with Crippen molar-refractivity contribution in [3.8, 4) is 11.1 Å². The number of benzene rings is 1. The van der Waals surface area contributed by atoms with E-state index in [1.54, 1.807) is 37.5 Å². The zero-order valence-electron chi connectivity index (χ0n) is 15.1. The van der Waals surface area contributed by atoms with Crippen molar-refractivity contribution in [3.05, 3.63) is 42.1 Å². The highest BCUT2D eigenvalue weighted by atomic mass is 19.4. The fourth-order valence-electron chi connectivity index (χ4n) is 2.59. The van der Waals surface area contributed by atoms with E-state index in [0.717, 1.165) is 4.68 Å². The summed E-state index contributed by atoms with van der Waals surface area (Å²) in [6, 6.07) is 4.87. The Morgan fingerprint density at radius 1 is 1.10 bits per heavy atom. The molecular formula is C18H13F3N4O4. The third kappa shape index (κ3) is 4.28. The molecule has 1 aromatic carbocycles. The predicted molar refractivity (Wildman–Crippen MR) is 92.7 cm³/mol. The van der Waals surface area contributed by atoms with Gasteiger partial charge < -0.3 is 4.74 Å². The lowest BCUT2D eigenvalue weighted by molar-refractivity contribution is -0.202. The van der Waals surface area contributed by atoms with E-state index in [0.29, 0.717) is 27.9 Å². The van der Waals surface area contributed by atoms with Crippen molar-refractivity contribution in [3.63, 3.8) is 0 Å². The Kier molecular flexibility index (Phi) is 5.14. The number of Topliss-reactive ketones (excluding diaryl/α,β-unsaturated/α-hetero) is 1. The highest BCUT2D eigenvalue weighted by Gasteiger charge is 2.42. The quantitative estimate of drug-likeness (QED) is 0.373. The van der Waals surface area contributed by atoms with Crippen LogP contribution in [0.4, 0.5) is 13.2 Å². The van der Waals surface area contributed by atoms with Gasteiger partial charge in [0.25, 0.3) is 0 Å². The highest BCUT2D eigenvalue weighted by molar-refractivity contribution is 6.05. The minimum Gasteiger partial charge on any atom is -0.385 e. The minimum absolute atomic E-state index is 0.0293. The predicted octanol–water partition coefficient (Wildman–Crippen LogP) is 2.64. The largest absolute Gasteiger partial charge is 0.491 e. The summed E-state index contributed by atoms with van der Waals surface area (Å²) in [5, 5.41) is 4.38. The number of esters is 2. The number of aromatic nitrogens is 4. The second kappa shape index (κ2) is 7.41. The monoisotopic (exact) mass is 406 g/mol. The molecule has 3 rings (SSSR count). The summed E-state index contributed by atoms with van der Waals surface area (Å²) in [4.78, 5) is 42.6. The molecule has 0 saturated heterocycles. The highest BCUT2D eigenvalue weighted by Crippen LogP contribution is 2.26. The summed E-state index contributed by atoms with van der Waals surface area (Å²) in [6.07, 6.45) is -2.15. The Bertz CT molecular complexity index is 1120. The molecule has 0 aliphatic heterocycles. The molecule has 150 valence electrons. The van der Waals surface area contributed by atoms with Crippen LogP contribution in [0, 0.1) is 6.92 Å². The Hall–Kier alpha value is -3.63. The van der Waals surface area contributed by atoms with Crippen molar-refractivity contribution >= 4 is 28.6 Å². The summed E-state index contributed by atoms with van der Waals surface area (Å²) in [6.45, 7) is 2.19.